The minimum Gasteiger partial charge on any atom is -0.322 e. The highest BCUT2D eigenvalue weighted by Gasteiger charge is 2.30. The van der Waals surface area contributed by atoms with Crippen molar-refractivity contribution in [1.29, 1.82) is 0 Å². The van der Waals surface area contributed by atoms with E-state index in [4.69, 9.17) is 0 Å². The fourth-order valence-electron chi connectivity index (χ4n) is 2.98. The highest BCUT2D eigenvalue weighted by Crippen LogP contribution is 2.31. The number of anilines is 2. The molecule has 0 bridgehead atoms. The molecule has 0 spiro atoms. The van der Waals surface area contributed by atoms with Crippen molar-refractivity contribution in [2.75, 3.05) is 10.6 Å². The lowest BCUT2D eigenvalue weighted by molar-refractivity contribution is -0.385. The molecule has 164 valence electrons. The topological polar surface area (TPSA) is 101 Å². The zero-order valence-electron chi connectivity index (χ0n) is 16.6. The molecule has 0 heterocycles. The number of carbonyl (C=O) groups excluding carboxylic acids is 2. The van der Waals surface area contributed by atoms with E-state index in [0.717, 1.165) is 12.1 Å². The van der Waals surface area contributed by atoms with E-state index in [1.807, 2.05) is 0 Å². The second kappa shape index (κ2) is 8.88. The van der Waals surface area contributed by atoms with Crippen molar-refractivity contribution in [3.05, 3.63) is 99.1 Å². The predicted molar refractivity (Wildman–Crippen MR) is 112 cm³/mol. The molecule has 7 nitrogen and oxygen atoms in total. The van der Waals surface area contributed by atoms with E-state index >= 15 is 0 Å². The Balaban J connectivity index is 1.77. The summed E-state index contributed by atoms with van der Waals surface area (Å²) in [4.78, 5) is 35.5. The minimum atomic E-state index is -4.55. The summed E-state index contributed by atoms with van der Waals surface area (Å²) in [6.07, 6.45) is -4.55. The molecule has 0 unspecified atom stereocenters. The molecule has 32 heavy (non-hydrogen) atoms. The number of nitro benzene ring substituents is 1. The summed E-state index contributed by atoms with van der Waals surface area (Å²) in [5.74, 6) is -1.28. The molecule has 0 saturated heterocycles. The van der Waals surface area contributed by atoms with E-state index in [1.165, 1.54) is 61.5 Å². The van der Waals surface area contributed by atoms with Crippen molar-refractivity contribution < 1.29 is 27.7 Å². The van der Waals surface area contributed by atoms with Crippen LogP contribution in [0.4, 0.5) is 30.2 Å². The number of amides is 2. The maximum Gasteiger partial charge on any atom is 0.416 e. The van der Waals surface area contributed by atoms with Crippen molar-refractivity contribution in [3.63, 3.8) is 0 Å². The van der Waals surface area contributed by atoms with Crippen molar-refractivity contribution in [3.8, 4) is 0 Å². The zero-order chi connectivity index (χ0) is 23.5. The number of hydrogen-bond acceptors (Lipinski definition) is 4. The highest BCUT2D eigenvalue weighted by atomic mass is 19.4. The normalized spacial score (nSPS) is 11.0. The number of benzene rings is 3. The molecule has 3 aromatic rings. The van der Waals surface area contributed by atoms with Gasteiger partial charge in [-0.05, 0) is 49.4 Å². The van der Waals surface area contributed by atoms with Gasteiger partial charge in [-0.25, -0.2) is 0 Å². The monoisotopic (exact) mass is 443 g/mol. The van der Waals surface area contributed by atoms with Crippen LogP contribution in [0.15, 0.2) is 66.7 Å². The number of hydrogen-bond donors (Lipinski definition) is 2. The maximum absolute atomic E-state index is 12.8. The molecule has 2 N–H and O–H groups in total. The van der Waals surface area contributed by atoms with E-state index in [1.54, 1.807) is 0 Å². The van der Waals surface area contributed by atoms with E-state index in [-0.39, 0.29) is 33.8 Å². The SMILES string of the molecule is Cc1c(C(=O)Nc2cccc(C(=O)Nc3cccc(C(F)(F)F)c3)c2)cccc1[N+](=O)[O-]. The second-order valence-corrected chi connectivity index (χ2v) is 6.77. The van der Waals surface area contributed by atoms with Crippen LogP contribution in [0.1, 0.15) is 31.8 Å². The first-order valence-corrected chi connectivity index (χ1v) is 9.20. The third-order valence-electron chi connectivity index (χ3n) is 4.58. The van der Waals surface area contributed by atoms with Crippen LogP contribution < -0.4 is 10.6 Å². The fourth-order valence-corrected chi connectivity index (χ4v) is 2.98. The lowest BCUT2D eigenvalue weighted by Gasteiger charge is -2.11. The van der Waals surface area contributed by atoms with Gasteiger partial charge in [0.05, 0.1) is 10.5 Å². The predicted octanol–water partition coefficient (Wildman–Crippen LogP) is 5.43. The Bertz CT molecular complexity index is 1210. The average molecular weight is 443 g/mol. The molecule has 10 heteroatoms. The molecule has 0 radical (unpaired) electrons. The van der Waals surface area contributed by atoms with E-state index < -0.39 is 28.5 Å². The molecular formula is C22H16F3N3O4. The molecule has 3 aromatic carbocycles. The Kier molecular flexibility index (Phi) is 6.24. The van der Waals surface area contributed by atoms with Crippen LogP contribution in [0, 0.1) is 17.0 Å². The Morgan fingerprint density at radius 2 is 1.47 bits per heavy atom. The van der Waals surface area contributed by atoms with Crippen LogP contribution in [0.5, 0.6) is 0 Å². The molecule has 3 rings (SSSR count). The molecule has 0 aromatic heterocycles. The summed E-state index contributed by atoms with van der Waals surface area (Å²) in [7, 11) is 0. The first-order chi connectivity index (χ1) is 15.1. The second-order valence-electron chi connectivity index (χ2n) is 6.77. The average Bonchev–Trinajstić information content (AvgIpc) is 2.73. The van der Waals surface area contributed by atoms with Gasteiger partial charge in [0.25, 0.3) is 17.5 Å². The summed E-state index contributed by atoms with van der Waals surface area (Å²) >= 11 is 0. The van der Waals surface area contributed by atoms with Crippen LogP contribution in [-0.2, 0) is 6.18 Å². The molecule has 0 saturated carbocycles. The van der Waals surface area contributed by atoms with Gasteiger partial charge in [0, 0.05) is 34.1 Å². The van der Waals surface area contributed by atoms with Crippen molar-refractivity contribution in [1.82, 2.24) is 0 Å². The first-order valence-electron chi connectivity index (χ1n) is 9.20. The van der Waals surface area contributed by atoms with Gasteiger partial charge in [0.1, 0.15) is 0 Å². The molecular weight excluding hydrogens is 427 g/mol. The lowest BCUT2D eigenvalue weighted by Crippen LogP contribution is -2.16. The van der Waals surface area contributed by atoms with Gasteiger partial charge in [-0.3, -0.25) is 19.7 Å². The number of nitro groups is 1. The van der Waals surface area contributed by atoms with Gasteiger partial charge < -0.3 is 10.6 Å². The number of rotatable bonds is 5. The Morgan fingerprint density at radius 1 is 0.875 bits per heavy atom. The maximum atomic E-state index is 12.8. The standard InChI is InChI=1S/C22H16F3N3O4/c1-13-18(9-4-10-19(13)28(31)32)21(30)27-16-7-2-5-14(11-16)20(29)26-17-8-3-6-15(12-17)22(23,24)25/h2-12H,1H3,(H,26,29)(H,27,30). The quantitative estimate of drug-likeness (QED) is 0.406. The van der Waals surface area contributed by atoms with Gasteiger partial charge in [0.2, 0.25) is 0 Å². The van der Waals surface area contributed by atoms with Crippen molar-refractivity contribution >= 4 is 28.9 Å². The Labute approximate surface area is 180 Å². The smallest absolute Gasteiger partial charge is 0.322 e. The number of nitrogens with one attached hydrogen (secondary N) is 2. The lowest BCUT2D eigenvalue weighted by atomic mass is 10.1. The molecule has 0 aliphatic heterocycles. The minimum absolute atomic E-state index is 0.0357. The van der Waals surface area contributed by atoms with Crippen LogP contribution in [-0.4, -0.2) is 16.7 Å². The van der Waals surface area contributed by atoms with Crippen LogP contribution in [0.3, 0.4) is 0 Å². The molecule has 2 amide bonds. The summed E-state index contributed by atoms with van der Waals surface area (Å²) in [6.45, 7) is 1.45. The molecule has 0 fully saturated rings. The third-order valence-corrected chi connectivity index (χ3v) is 4.58. The number of alkyl halides is 3. The summed E-state index contributed by atoms with van der Waals surface area (Å²) in [5, 5.41) is 16.0. The Hall–Kier alpha value is -4.21. The zero-order valence-corrected chi connectivity index (χ0v) is 16.6. The van der Waals surface area contributed by atoms with Gasteiger partial charge in [-0.15, -0.1) is 0 Å². The first kappa shape index (κ1) is 22.5. The van der Waals surface area contributed by atoms with Crippen molar-refractivity contribution in [2.45, 2.75) is 13.1 Å². The van der Waals surface area contributed by atoms with Crippen LogP contribution >= 0.6 is 0 Å². The highest BCUT2D eigenvalue weighted by molar-refractivity contribution is 6.08. The van der Waals surface area contributed by atoms with Gasteiger partial charge in [0.15, 0.2) is 0 Å². The van der Waals surface area contributed by atoms with E-state index in [2.05, 4.69) is 10.6 Å². The molecule has 0 aliphatic rings. The van der Waals surface area contributed by atoms with Crippen LogP contribution in [0.25, 0.3) is 0 Å². The Morgan fingerprint density at radius 3 is 2.12 bits per heavy atom. The molecule has 0 aliphatic carbocycles. The van der Waals surface area contributed by atoms with Gasteiger partial charge in [-0.1, -0.05) is 18.2 Å². The summed E-state index contributed by atoms with van der Waals surface area (Å²) in [6, 6.07) is 14.1. The van der Waals surface area contributed by atoms with E-state index in [0.29, 0.717) is 0 Å². The number of carbonyl (C=O) groups is 2. The van der Waals surface area contributed by atoms with Gasteiger partial charge in [-0.2, -0.15) is 13.2 Å². The van der Waals surface area contributed by atoms with Gasteiger partial charge >= 0.3 is 6.18 Å². The fraction of sp³-hybridized carbons (Fsp3) is 0.0909. The summed E-state index contributed by atoms with van der Waals surface area (Å²) in [5.41, 5.74) is -0.526. The summed E-state index contributed by atoms with van der Waals surface area (Å²) < 4.78 is 38.5. The molecule has 0 atom stereocenters. The number of halogens is 3. The van der Waals surface area contributed by atoms with E-state index in [9.17, 15) is 32.9 Å². The number of nitrogens with zero attached hydrogens (tertiary/aromatic N) is 1. The van der Waals surface area contributed by atoms with Crippen molar-refractivity contribution in [2.24, 2.45) is 0 Å². The largest absolute Gasteiger partial charge is 0.416 e. The third kappa shape index (κ3) is 5.09. The van der Waals surface area contributed by atoms with Crippen LogP contribution in [0.2, 0.25) is 0 Å².